The maximum atomic E-state index is 5.89. The SMILES string of the molecule is CC(Nc1cc(N)cc(Cl)n1)c1ccc(Cl)s1. The van der Waals surface area contributed by atoms with E-state index < -0.39 is 0 Å². The molecule has 6 heteroatoms. The molecule has 1 atom stereocenters. The third-order valence-corrected chi connectivity index (χ3v) is 3.81. The second kappa shape index (κ2) is 5.12. The van der Waals surface area contributed by atoms with Gasteiger partial charge in [-0.1, -0.05) is 23.2 Å². The highest BCUT2D eigenvalue weighted by molar-refractivity contribution is 7.16. The molecule has 2 aromatic heterocycles. The second-order valence-corrected chi connectivity index (χ2v) is 5.75. The molecule has 0 radical (unpaired) electrons. The first-order valence-corrected chi connectivity index (χ1v) is 6.56. The van der Waals surface area contributed by atoms with Gasteiger partial charge < -0.3 is 11.1 Å². The van der Waals surface area contributed by atoms with Crippen LogP contribution in [0.15, 0.2) is 24.3 Å². The fourth-order valence-electron chi connectivity index (χ4n) is 1.44. The number of thiophene rings is 1. The molecule has 1 unspecified atom stereocenters. The number of hydrogen-bond acceptors (Lipinski definition) is 4. The molecule has 0 aliphatic carbocycles. The van der Waals surface area contributed by atoms with Crippen LogP contribution in [0, 0.1) is 0 Å². The Labute approximate surface area is 114 Å². The summed E-state index contributed by atoms with van der Waals surface area (Å²) in [5.74, 6) is 0.659. The summed E-state index contributed by atoms with van der Waals surface area (Å²) in [4.78, 5) is 5.29. The molecule has 0 bridgehead atoms. The van der Waals surface area contributed by atoms with Gasteiger partial charge in [0, 0.05) is 16.6 Å². The van der Waals surface area contributed by atoms with Crippen LogP contribution in [0.5, 0.6) is 0 Å². The highest BCUT2D eigenvalue weighted by Gasteiger charge is 2.09. The van der Waals surface area contributed by atoms with Crippen LogP contribution in [0.25, 0.3) is 0 Å². The number of nitrogens with one attached hydrogen (secondary N) is 1. The molecular weight excluding hydrogens is 277 g/mol. The van der Waals surface area contributed by atoms with E-state index in [0.717, 1.165) is 9.21 Å². The molecule has 3 nitrogen and oxygen atoms in total. The third-order valence-electron chi connectivity index (χ3n) is 2.20. The smallest absolute Gasteiger partial charge is 0.133 e. The van der Waals surface area contributed by atoms with Crippen molar-refractivity contribution in [1.29, 1.82) is 0 Å². The summed E-state index contributed by atoms with van der Waals surface area (Å²) in [5, 5.41) is 3.61. The lowest BCUT2D eigenvalue weighted by Crippen LogP contribution is -2.06. The van der Waals surface area contributed by atoms with Gasteiger partial charge in [-0.2, -0.15) is 0 Å². The van der Waals surface area contributed by atoms with Crippen molar-refractivity contribution in [2.24, 2.45) is 0 Å². The number of pyridine rings is 1. The van der Waals surface area contributed by atoms with Crippen molar-refractivity contribution in [2.45, 2.75) is 13.0 Å². The fraction of sp³-hybridized carbons (Fsp3) is 0.182. The molecule has 2 aromatic rings. The Morgan fingerprint density at radius 2 is 2.12 bits per heavy atom. The first-order valence-electron chi connectivity index (χ1n) is 4.99. The van der Waals surface area contributed by atoms with Crippen molar-refractivity contribution in [3.05, 3.63) is 38.6 Å². The van der Waals surface area contributed by atoms with E-state index in [2.05, 4.69) is 10.3 Å². The molecule has 0 spiro atoms. The lowest BCUT2D eigenvalue weighted by Gasteiger charge is -2.13. The Morgan fingerprint density at radius 1 is 1.35 bits per heavy atom. The van der Waals surface area contributed by atoms with Crippen LogP contribution in [0.1, 0.15) is 17.8 Å². The van der Waals surface area contributed by atoms with Crippen LogP contribution in [0.4, 0.5) is 11.5 Å². The second-order valence-electron chi connectivity index (χ2n) is 3.62. The molecule has 90 valence electrons. The van der Waals surface area contributed by atoms with Gasteiger partial charge in [0.2, 0.25) is 0 Å². The van der Waals surface area contributed by atoms with Gasteiger partial charge in [-0.25, -0.2) is 4.98 Å². The summed E-state index contributed by atoms with van der Waals surface area (Å²) in [5.41, 5.74) is 6.28. The molecule has 2 heterocycles. The van der Waals surface area contributed by atoms with Crippen molar-refractivity contribution in [3.63, 3.8) is 0 Å². The Morgan fingerprint density at radius 3 is 2.71 bits per heavy atom. The predicted molar refractivity (Wildman–Crippen MR) is 75.0 cm³/mol. The van der Waals surface area contributed by atoms with E-state index in [-0.39, 0.29) is 6.04 Å². The largest absolute Gasteiger partial charge is 0.399 e. The predicted octanol–water partition coefficient (Wildman–Crippen LogP) is 4.21. The molecular formula is C11H11Cl2N3S. The highest BCUT2D eigenvalue weighted by atomic mass is 35.5. The first kappa shape index (κ1) is 12.5. The molecule has 2 rings (SSSR count). The lowest BCUT2D eigenvalue weighted by atomic mass is 10.2. The van der Waals surface area contributed by atoms with Gasteiger partial charge in [0.15, 0.2) is 0 Å². The molecule has 3 N–H and O–H groups in total. The number of hydrogen-bond donors (Lipinski definition) is 2. The molecule has 17 heavy (non-hydrogen) atoms. The van der Waals surface area contributed by atoms with Crippen LogP contribution in [-0.2, 0) is 0 Å². The number of nitrogens with zero attached hydrogens (tertiary/aromatic N) is 1. The molecule has 0 aliphatic rings. The quantitative estimate of drug-likeness (QED) is 0.832. The molecule has 0 saturated carbocycles. The molecule has 0 fully saturated rings. The summed E-state index contributed by atoms with van der Waals surface area (Å²) in [6.07, 6.45) is 0. The lowest BCUT2D eigenvalue weighted by molar-refractivity contribution is 0.897. The van der Waals surface area contributed by atoms with Gasteiger partial charge in [0.05, 0.1) is 10.4 Å². The number of halogens is 2. The summed E-state index contributed by atoms with van der Waals surface area (Å²) < 4.78 is 0.771. The summed E-state index contributed by atoms with van der Waals surface area (Å²) in [6, 6.07) is 7.33. The van der Waals surface area contributed by atoms with Gasteiger partial charge in [-0.15, -0.1) is 11.3 Å². The third kappa shape index (κ3) is 3.25. The average molecular weight is 288 g/mol. The zero-order valence-corrected chi connectivity index (χ0v) is 11.4. The van der Waals surface area contributed by atoms with Crippen molar-refractivity contribution in [2.75, 3.05) is 11.1 Å². The number of rotatable bonds is 3. The first-order chi connectivity index (χ1) is 8.04. The number of nitrogens with two attached hydrogens (primary N) is 1. The van der Waals surface area contributed by atoms with E-state index >= 15 is 0 Å². The van der Waals surface area contributed by atoms with Gasteiger partial charge in [-0.3, -0.25) is 0 Å². The average Bonchev–Trinajstić information content (AvgIpc) is 2.63. The number of anilines is 2. The van der Waals surface area contributed by atoms with Crippen LogP contribution in [-0.4, -0.2) is 4.98 Å². The Balaban J connectivity index is 2.15. The Hall–Kier alpha value is -0.970. The van der Waals surface area contributed by atoms with Crippen LogP contribution < -0.4 is 11.1 Å². The highest BCUT2D eigenvalue weighted by Crippen LogP contribution is 2.29. The van der Waals surface area contributed by atoms with Crippen LogP contribution in [0.2, 0.25) is 9.49 Å². The maximum absolute atomic E-state index is 5.89. The molecule has 0 aliphatic heterocycles. The monoisotopic (exact) mass is 287 g/mol. The number of nitrogen functional groups attached to an aromatic ring is 1. The molecule has 0 saturated heterocycles. The normalized spacial score (nSPS) is 12.4. The fourth-order valence-corrected chi connectivity index (χ4v) is 2.72. The summed E-state index contributed by atoms with van der Waals surface area (Å²) >= 11 is 13.3. The van der Waals surface area contributed by atoms with E-state index in [1.807, 2.05) is 19.1 Å². The van der Waals surface area contributed by atoms with E-state index in [1.54, 1.807) is 12.1 Å². The Bertz CT molecular complexity index is 507. The van der Waals surface area contributed by atoms with Gasteiger partial charge in [0.1, 0.15) is 11.0 Å². The zero-order valence-electron chi connectivity index (χ0n) is 9.08. The standard InChI is InChI=1S/C11H11Cl2N3S/c1-6(8-2-3-10(13)17-8)15-11-5-7(14)4-9(12)16-11/h2-6H,1H3,(H3,14,15,16). The summed E-state index contributed by atoms with van der Waals surface area (Å²) in [7, 11) is 0. The van der Waals surface area contributed by atoms with Crippen molar-refractivity contribution in [3.8, 4) is 0 Å². The van der Waals surface area contributed by atoms with E-state index in [4.69, 9.17) is 28.9 Å². The van der Waals surface area contributed by atoms with E-state index in [1.165, 1.54) is 11.3 Å². The minimum Gasteiger partial charge on any atom is -0.399 e. The van der Waals surface area contributed by atoms with Gasteiger partial charge >= 0.3 is 0 Å². The zero-order chi connectivity index (χ0) is 12.4. The van der Waals surface area contributed by atoms with Gasteiger partial charge in [0.25, 0.3) is 0 Å². The molecule has 0 amide bonds. The number of aromatic nitrogens is 1. The van der Waals surface area contributed by atoms with E-state index in [9.17, 15) is 0 Å². The van der Waals surface area contributed by atoms with Crippen molar-refractivity contribution in [1.82, 2.24) is 4.98 Å². The van der Waals surface area contributed by atoms with Crippen LogP contribution >= 0.6 is 34.5 Å². The maximum Gasteiger partial charge on any atom is 0.133 e. The minimum atomic E-state index is 0.109. The van der Waals surface area contributed by atoms with E-state index in [0.29, 0.717) is 16.7 Å². The molecule has 0 aromatic carbocycles. The van der Waals surface area contributed by atoms with Crippen LogP contribution in [0.3, 0.4) is 0 Å². The summed E-state index contributed by atoms with van der Waals surface area (Å²) in [6.45, 7) is 2.03. The Kier molecular flexibility index (Phi) is 3.76. The van der Waals surface area contributed by atoms with Crippen molar-refractivity contribution < 1.29 is 0 Å². The van der Waals surface area contributed by atoms with Crippen molar-refractivity contribution >= 4 is 46.0 Å². The topological polar surface area (TPSA) is 50.9 Å². The van der Waals surface area contributed by atoms with Gasteiger partial charge in [-0.05, 0) is 25.1 Å². The minimum absolute atomic E-state index is 0.109.